The van der Waals surface area contributed by atoms with Crippen molar-refractivity contribution in [2.45, 2.75) is 92.4 Å². The fraction of sp³-hybridized carbons (Fsp3) is 0.487. The fourth-order valence-corrected chi connectivity index (χ4v) is 7.67. The van der Waals surface area contributed by atoms with Crippen molar-refractivity contribution in [3.8, 4) is 0 Å². The molecule has 2 aromatic rings. The van der Waals surface area contributed by atoms with Crippen LogP contribution in [0.25, 0.3) is 12.2 Å². The summed E-state index contributed by atoms with van der Waals surface area (Å²) >= 11 is 0. The van der Waals surface area contributed by atoms with E-state index < -0.39 is 122 Å². The van der Waals surface area contributed by atoms with Crippen molar-refractivity contribution in [3.05, 3.63) is 96.3 Å². The Hall–Kier alpha value is -4.04. The third kappa shape index (κ3) is 7.99. The molecule has 16 heteroatoms. The molecule has 16 unspecified atom stereocenters. The average molecular weight is 769 g/mol. The summed E-state index contributed by atoms with van der Waals surface area (Å²) in [6.45, 7) is 0.400. The highest BCUT2D eigenvalue weighted by atomic mass is 16.8. The third-order valence-corrected chi connectivity index (χ3v) is 10.6. The normalized spacial score (nSPS) is 40.7. The first-order chi connectivity index (χ1) is 26.5. The highest BCUT2D eigenvalue weighted by Crippen LogP contribution is 2.61. The van der Waals surface area contributed by atoms with Crippen LogP contribution in [0.15, 0.2) is 85.2 Å². The first-order valence-corrected chi connectivity index (χ1v) is 18.0. The molecule has 0 radical (unpaired) electrons. The summed E-state index contributed by atoms with van der Waals surface area (Å²) in [4.78, 5) is 26.2. The Labute approximate surface area is 315 Å². The Morgan fingerprint density at radius 2 is 1.33 bits per heavy atom. The molecule has 16 nitrogen and oxygen atoms in total. The highest BCUT2D eigenvalue weighted by Gasteiger charge is 2.77. The summed E-state index contributed by atoms with van der Waals surface area (Å²) in [6.07, 6.45) is -9.06. The average Bonchev–Trinajstić information content (AvgIpc) is 3.87. The van der Waals surface area contributed by atoms with Crippen LogP contribution in [0.3, 0.4) is 0 Å². The molecule has 1 aliphatic carbocycles. The van der Waals surface area contributed by atoms with Gasteiger partial charge in [0, 0.05) is 18.1 Å². The quantitative estimate of drug-likeness (QED) is 0.0932. The smallest absolute Gasteiger partial charge is 0.331 e. The second-order valence-electron chi connectivity index (χ2n) is 14.0. The van der Waals surface area contributed by atoms with E-state index in [1.54, 1.807) is 55.5 Å². The molecule has 55 heavy (non-hydrogen) atoms. The van der Waals surface area contributed by atoms with Gasteiger partial charge in [-0.25, -0.2) is 9.59 Å². The van der Waals surface area contributed by atoms with E-state index in [-0.39, 0.29) is 0 Å². The van der Waals surface area contributed by atoms with Crippen LogP contribution in [0.5, 0.6) is 0 Å². The monoisotopic (exact) mass is 768 g/mol. The molecule has 0 aromatic heterocycles. The summed E-state index contributed by atoms with van der Waals surface area (Å²) in [6, 6.07) is 18.0. The van der Waals surface area contributed by atoms with E-state index in [4.69, 9.17) is 37.9 Å². The Bertz CT molecular complexity index is 1720. The molecule has 2 aromatic carbocycles. The van der Waals surface area contributed by atoms with E-state index in [1.165, 1.54) is 24.5 Å². The molecule has 5 aliphatic rings. The van der Waals surface area contributed by atoms with Crippen LogP contribution < -0.4 is 0 Å². The Kier molecular flexibility index (Phi) is 11.8. The van der Waals surface area contributed by atoms with Gasteiger partial charge in [0.25, 0.3) is 0 Å². The molecule has 296 valence electrons. The number of esters is 2. The number of aliphatic hydroxyl groups excluding tert-OH is 6. The predicted molar refractivity (Wildman–Crippen MR) is 186 cm³/mol. The number of hydrogen-bond donors (Lipinski definition) is 6. The maximum atomic E-state index is 13.1. The summed E-state index contributed by atoms with van der Waals surface area (Å²) in [5.74, 6) is -2.99. The number of hydrogen-bond acceptors (Lipinski definition) is 16. The van der Waals surface area contributed by atoms with Crippen LogP contribution in [0.2, 0.25) is 0 Å². The molecule has 3 saturated heterocycles. The summed E-state index contributed by atoms with van der Waals surface area (Å²) in [5, 5.41) is 63.0. The number of rotatable bonds is 12. The zero-order chi connectivity index (χ0) is 38.9. The second kappa shape index (κ2) is 16.6. The number of benzene rings is 2. The molecule has 0 spiro atoms. The largest absolute Gasteiger partial charge is 0.472 e. The van der Waals surface area contributed by atoms with Gasteiger partial charge < -0.3 is 68.5 Å². The van der Waals surface area contributed by atoms with Crippen LogP contribution in [0.4, 0.5) is 0 Å². The molecule has 1 saturated carbocycles. The van der Waals surface area contributed by atoms with Crippen molar-refractivity contribution in [2.24, 2.45) is 11.8 Å². The lowest BCUT2D eigenvalue weighted by Gasteiger charge is -2.44. The van der Waals surface area contributed by atoms with Gasteiger partial charge in [-0.15, -0.1) is 0 Å². The van der Waals surface area contributed by atoms with Crippen LogP contribution in [-0.2, 0) is 47.5 Å². The molecule has 4 aliphatic heterocycles. The van der Waals surface area contributed by atoms with Crippen molar-refractivity contribution < 1.29 is 78.1 Å². The van der Waals surface area contributed by atoms with Gasteiger partial charge in [-0.05, 0) is 36.3 Å². The van der Waals surface area contributed by atoms with Gasteiger partial charge in [0.1, 0.15) is 42.2 Å². The van der Waals surface area contributed by atoms with E-state index in [0.29, 0.717) is 0 Å². The van der Waals surface area contributed by atoms with Crippen molar-refractivity contribution in [2.75, 3.05) is 13.2 Å². The van der Waals surface area contributed by atoms with Crippen LogP contribution in [0, 0.1) is 11.8 Å². The molecule has 4 fully saturated rings. The Morgan fingerprint density at radius 3 is 1.93 bits per heavy atom. The van der Waals surface area contributed by atoms with E-state index in [9.17, 15) is 40.2 Å². The van der Waals surface area contributed by atoms with E-state index in [2.05, 4.69) is 0 Å². The molecule has 0 bridgehead atoms. The van der Waals surface area contributed by atoms with Gasteiger partial charge in [-0.2, -0.15) is 0 Å². The first kappa shape index (κ1) is 39.2. The second-order valence-corrected chi connectivity index (χ2v) is 14.0. The van der Waals surface area contributed by atoms with Crippen LogP contribution in [-0.4, -0.2) is 141 Å². The van der Waals surface area contributed by atoms with E-state index in [0.717, 1.165) is 11.1 Å². The minimum absolute atomic E-state index is 0.503. The maximum Gasteiger partial charge on any atom is 0.331 e. The highest BCUT2D eigenvalue weighted by molar-refractivity contribution is 5.88. The number of carbonyl (C=O) groups is 2. The minimum Gasteiger partial charge on any atom is -0.472 e. The minimum atomic E-state index is -1.72. The maximum absolute atomic E-state index is 13.1. The van der Waals surface area contributed by atoms with Gasteiger partial charge in [0.2, 0.25) is 6.29 Å². The number of fused-ring (bicyclic) bond motifs is 3. The van der Waals surface area contributed by atoms with Crippen molar-refractivity contribution >= 4 is 24.1 Å². The number of epoxide rings is 1. The standard InChI is InChI=1S/C39H44O16/c1-20-32(51-25(42)14-12-21-8-4-2-5-9-21)34(52-26(43)15-13-22-10-6-3-7-11-22)31(47)38(49-20)53-33-23-16-17-48-36(27(23)39(19-41)35(33)55-39)54-37-30(46)29(45)28(44)24(18-40)50-37/h2-17,20,23-24,27-38,40-41,44-47H,18-19H2,1H3. The lowest BCUT2D eigenvalue weighted by atomic mass is 9.85. The topological polar surface area (TPSA) is 233 Å². The summed E-state index contributed by atoms with van der Waals surface area (Å²) < 4.78 is 47.1. The Balaban J connectivity index is 1.09. The summed E-state index contributed by atoms with van der Waals surface area (Å²) in [7, 11) is 0. The molecule has 16 atom stereocenters. The lowest BCUT2D eigenvalue weighted by molar-refractivity contribution is -0.347. The molecule has 0 amide bonds. The molecule has 4 heterocycles. The number of aliphatic hydroxyl groups is 6. The van der Waals surface area contributed by atoms with Gasteiger partial charge in [0.15, 0.2) is 24.8 Å². The summed E-state index contributed by atoms with van der Waals surface area (Å²) in [5.41, 5.74) is 0.206. The van der Waals surface area contributed by atoms with Crippen molar-refractivity contribution in [1.82, 2.24) is 0 Å². The van der Waals surface area contributed by atoms with Gasteiger partial charge >= 0.3 is 11.9 Å². The van der Waals surface area contributed by atoms with Crippen LogP contribution in [0.1, 0.15) is 18.1 Å². The number of ether oxygens (including phenoxy) is 8. The zero-order valence-electron chi connectivity index (χ0n) is 29.6. The van der Waals surface area contributed by atoms with E-state index >= 15 is 0 Å². The van der Waals surface area contributed by atoms with Gasteiger partial charge in [0.05, 0.1) is 37.6 Å². The van der Waals surface area contributed by atoms with E-state index in [1.807, 2.05) is 24.3 Å². The first-order valence-electron chi connectivity index (χ1n) is 18.0. The number of carbonyl (C=O) groups excluding carboxylic acids is 2. The van der Waals surface area contributed by atoms with Crippen LogP contribution >= 0.6 is 0 Å². The molecule has 7 rings (SSSR count). The van der Waals surface area contributed by atoms with Crippen molar-refractivity contribution in [1.29, 1.82) is 0 Å². The van der Waals surface area contributed by atoms with Gasteiger partial charge in [-0.1, -0.05) is 60.7 Å². The molecule has 6 N–H and O–H groups in total. The van der Waals surface area contributed by atoms with Gasteiger partial charge in [-0.3, -0.25) is 0 Å². The lowest BCUT2D eigenvalue weighted by Crippen LogP contribution is -2.61. The molecular formula is C39H44O16. The predicted octanol–water partition coefficient (Wildman–Crippen LogP) is -0.210. The third-order valence-electron chi connectivity index (χ3n) is 10.6. The molecular weight excluding hydrogens is 724 g/mol. The fourth-order valence-electron chi connectivity index (χ4n) is 7.67. The van der Waals surface area contributed by atoms with Crippen molar-refractivity contribution in [3.63, 3.8) is 0 Å². The SMILES string of the molecule is CC1OC(OC2C3C=COC(OC4OC(CO)C(O)C(O)C4O)C3C3(CO)OC23)C(O)C(OC(=O)C=Cc2ccccc2)C1OC(=O)C=Cc1ccccc1. The Morgan fingerprint density at radius 1 is 0.727 bits per heavy atom. The zero-order valence-corrected chi connectivity index (χ0v) is 29.6.